The van der Waals surface area contributed by atoms with Gasteiger partial charge in [0.1, 0.15) is 5.82 Å². The quantitative estimate of drug-likeness (QED) is 0.820. The minimum atomic E-state index is -0.221. The molecule has 1 N–H and O–H groups in total. The van der Waals surface area contributed by atoms with Crippen molar-refractivity contribution in [3.05, 3.63) is 69.5 Å². The number of halogens is 3. The van der Waals surface area contributed by atoms with Crippen molar-refractivity contribution in [1.82, 2.24) is 5.32 Å². The summed E-state index contributed by atoms with van der Waals surface area (Å²) < 4.78 is 14.3. The van der Waals surface area contributed by atoms with E-state index in [2.05, 4.69) is 11.4 Å². The number of nitrogens with one attached hydrogen (secondary N) is 1. The van der Waals surface area contributed by atoms with Gasteiger partial charge >= 0.3 is 0 Å². The third-order valence-electron chi connectivity index (χ3n) is 4.12. The number of rotatable bonds is 2. The highest BCUT2D eigenvalue weighted by Crippen LogP contribution is 2.39. The number of hydrogen-bond donors (Lipinski definition) is 1. The molecule has 1 saturated heterocycles. The molecule has 1 fully saturated rings. The van der Waals surface area contributed by atoms with Crippen LogP contribution in [0.2, 0.25) is 10.0 Å². The molecule has 0 bridgehead atoms. The van der Waals surface area contributed by atoms with E-state index in [0.717, 1.165) is 30.6 Å². The van der Waals surface area contributed by atoms with Crippen LogP contribution in [0, 0.1) is 5.82 Å². The van der Waals surface area contributed by atoms with E-state index < -0.39 is 0 Å². The molecular weight excluding hydrogens is 308 g/mol. The van der Waals surface area contributed by atoms with Crippen LogP contribution < -0.4 is 5.32 Å². The van der Waals surface area contributed by atoms with Crippen LogP contribution in [0.4, 0.5) is 4.39 Å². The second-order valence-electron chi connectivity index (χ2n) is 5.43. The lowest BCUT2D eigenvalue weighted by molar-refractivity contribution is 0.393. The van der Waals surface area contributed by atoms with Crippen LogP contribution >= 0.6 is 23.2 Å². The molecule has 1 nitrogen and oxygen atoms in total. The summed E-state index contributed by atoms with van der Waals surface area (Å²) in [5, 5.41) is 4.54. The van der Waals surface area contributed by atoms with Crippen LogP contribution in [0.1, 0.15) is 29.4 Å². The van der Waals surface area contributed by atoms with Crippen molar-refractivity contribution in [2.75, 3.05) is 13.1 Å². The first-order valence-corrected chi connectivity index (χ1v) is 7.82. The molecule has 2 atom stereocenters. The Labute approximate surface area is 134 Å². The Bertz CT molecular complexity index is 644. The van der Waals surface area contributed by atoms with E-state index in [4.69, 9.17) is 23.2 Å². The van der Waals surface area contributed by atoms with E-state index in [0.29, 0.717) is 10.0 Å². The highest BCUT2D eigenvalue weighted by Gasteiger charge is 2.29. The Morgan fingerprint density at radius 3 is 2.57 bits per heavy atom. The number of piperidine rings is 1. The van der Waals surface area contributed by atoms with Crippen molar-refractivity contribution >= 4 is 23.2 Å². The van der Waals surface area contributed by atoms with Gasteiger partial charge in [0.05, 0.1) is 0 Å². The lowest BCUT2D eigenvalue weighted by atomic mass is 9.77. The Hall–Kier alpha value is -1.09. The van der Waals surface area contributed by atoms with Crippen LogP contribution in [0.5, 0.6) is 0 Å². The standard InChI is InChI=1S/C17H16Cl2FN/c18-12-3-1-2-11(8-12)16-10-21-7-6-14(16)15-5-4-13(19)9-17(15)20/h1-5,8-9,14,16,21H,6-7,10H2. The summed E-state index contributed by atoms with van der Waals surface area (Å²) in [6.45, 7) is 1.72. The topological polar surface area (TPSA) is 12.0 Å². The smallest absolute Gasteiger partial charge is 0.128 e. The third kappa shape index (κ3) is 3.23. The maximum Gasteiger partial charge on any atom is 0.128 e. The van der Waals surface area contributed by atoms with Crippen molar-refractivity contribution in [2.24, 2.45) is 0 Å². The van der Waals surface area contributed by atoms with Gasteiger partial charge in [-0.25, -0.2) is 4.39 Å². The predicted molar refractivity (Wildman–Crippen MR) is 85.8 cm³/mol. The molecule has 0 radical (unpaired) electrons. The summed E-state index contributed by atoms with van der Waals surface area (Å²) in [5.41, 5.74) is 1.89. The van der Waals surface area contributed by atoms with Crippen LogP contribution in [0.25, 0.3) is 0 Å². The molecule has 0 spiro atoms. The molecule has 110 valence electrons. The van der Waals surface area contributed by atoms with E-state index in [1.54, 1.807) is 6.07 Å². The Morgan fingerprint density at radius 1 is 1.00 bits per heavy atom. The zero-order chi connectivity index (χ0) is 14.8. The highest BCUT2D eigenvalue weighted by atomic mass is 35.5. The van der Waals surface area contributed by atoms with Crippen molar-refractivity contribution in [1.29, 1.82) is 0 Å². The van der Waals surface area contributed by atoms with Gasteiger partial charge in [0.25, 0.3) is 0 Å². The summed E-state index contributed by atoms with van der Waals surface area (Å²) in [6, 6.07) is 12.8. The van der Waals surface area contributed by atoms with Crippen molar-refractivity contribution in [3.63, 3.8) is 0 Å². The van der Waals surface area contributed by atoms with Gasteiger partial charge in [-0.1, -0.05) is 41.4 Å². The fourth-order valence-corrected chi connectivity index (χ4v) is 3.48. The molecule has 1 aliphatic heterocycles. The molecule has 2 aromatic carbocycles. The van der Waals surface area contributed by atoms with Gasteiger partial charge in [-0.2, -0.15) is 0 Å². The molecule has 2 aromatic rings. The maximum absolute atomic E-state index is 14.3. The third-order valence-corrected chi connectivity index (χ3v) is 4.59. The minimum Gasteiger partial charge on any atom is -0.316 e. The second-order valence-corrected chi connectivity index (χ2v) is 6.30. The van der Waals surface area contributed by atoms with Gasteiger partial charge < -0.3 is 5.32 Å². The first-order valence-electron chi connectivity index (χ1n) is 7.06. The van der Waals surface area contributed by atoms with Crippen LogP contribution in [-0.4, -0.2) is 13.1 Å². The number of hydrogen-bond acceptors (Lipinski definition) is 1. The van der Waals surface area contributed by atoms with Crippen molar-refractivity contribution in [2.45, 2.75) is 18.3 Å². The lowest BCUT2D eigenvalue weighted by Crippen LogP contribution is -2.34. The molecule has 0 saturated carbocycles. The molecule has 1 aliphatic rings. The summed E-state index contributed by atoms with van der Waals surface area (Å²) in [5.74, 6) is 0.136. The van der Waals surface area contributed by atoms with Crippen LogP contribution in [0.3, 0.4) is 0 Å². The largest absolute Gasteiger partial charge is 0.316 e. The second kappa shape index (κ2) is 6.35. The summed E-state index contributed by atoms with van der Waals surface area (Å²) in [4.78, 5) is 0. The molecular formula is C17H16Cl2FN. The van der Waals surface area contributed by atoms with Gasteiger partial charge in [0.2, 0.25) is 0 Å². The highest BCUT2D eigenvalue weighted by molar-refractivity contribution is 6.30. The molecule has 3 rings (SSSR count). The van der Waals surface area contributed by atoms with E-state index in [-0.39, 0.29) is 17.7 Å². The first kappa shape index (κ1) is 14.8. The van der Waals surface area contributed by atoms with E-state index in [1.165, 1.54) is 6.07 Å². The van der Waals surface area contributed by atoms with Crippen LogP contribution in [-0.2, 0) is 0 Å². The fraction of sp³-hybridized carbons (Fsp3) is 0.294. The van der Waals surface area contributed by atoms with Gasteiger partial charge in [-0.05, 0) is 54.3 Å². The number of benzene rings is 2. The molecule has 4 heteroatoms. The zero-order valence-electron chi connectivity index (χ0n) is 11.5. The normalized spacial score (nSPS) is 22.2. The molecule has 0 aromatic heterocycles. The molecule has 0 amide bonds. The van der Waals surface area contributed by atoms with E-state index >= 15 is 0 Å². The van der Waals surface area contributed by atoms with Crippen molar-refractivity contribution in [3.8, 4) is 0 Å². The van der Waals surface area contributed by atoms with E-state index in [9.17, 15) is 4.39 Å². The summed E-state index contributed by atoms with van der Waals surface area (Å²) >= 11 is 12.0. The summed E-state index contributed by atoms with van der Waals surface area (Å²) in [6.07, 6.45) is 0.899. The molecule has 1 heterocycles. The fourth-order valence-electron chi connectivity index (χ4n) is 3.12. The average Bonchev–Trinajstić information content (AvgIpc) is 2.47. The predicted octanol–water partition coefficient (Wildman–Crippen LogP) is 4.99. The Kier molecular flexibility index (Phi) is 4.48. The molecule has 2 unspecified atom stereocenters. The first-order chi connectivity index (χ1) is 10.1. The SMILES string of the molecule is Fc1cc(Cl)ccc1C1CCNCC1c1cccc(Cl)c1. The zero-order valence-corrected chi connectivity index (χ0v) is 13.0. The van der Waals surface area contributed by atoms with Crippen LogP contribution in [0.15, 0.2) is 42.5 Å². The van der Waals surface area contributed by atoms with Gasteiger partial charge in [-0.3, -0.25) is 0 Å². The Balaban J connectivity index is 1.98. The summed E-state index contributed by atoms with van der Waals surface area (Å²) in [7, 11) is 0. The van der Waals surface area contributed by atoms with Crippen molar-refractivity contribution < 1.29 is 4.39 Å². The van der Waals surface area contributed by atoms with Gasteiger partial charge in [0.15, 0.2) is 0 Å². The maximum atomic E-state index is 14.3. The monoisotopic (exact) mass is 323 g/mol. The molecule has 21 heavy (non-hydrogen) atoms. The molecule has 0 aliphatic carbocycles. The lowest BCUT2D eigenvalue weighted by Gasteiger charge is -2.33. The van der Waals surface area contributed by atoms with E-state index in [1.807, 2.05) is 24.3 Å². The van der Waals surface area contributed by atoms with Gasteiger partial charge in [-0.15, -0.1) is 0 Å². The van der Waals surface area contributed by atoms with Gasteiger partial charge in [0, 0.05) is 22.5 Å². The minimum absolute atomic E-state index is 0.141. The average molecular weight is 324 g/mol. The Morgan fingerprint density at radius 2 is 1.81 bits per heavy atom.